The Balaban J connectivity index is 2.08. The summed E-state index contributed by atoms with van der Waals surface area (Å²) in [5.74, 6) is -0.185. The molecule has 3 nitrogen and oxygen atoms in total. The Bertz CT molecular complexity index is 846. The third-order valence-electron chi connectivity index (χ3n) is 5.00. The minimum absolute atomic E-state index is 0.185. The first kappa shape index (κ1) is 19.5. The van der Waals surface area contributed by atoms with Crippen molar-refractivity contribution in [3.05, 3.63) is 91.0 Å². The van der Waals surface area contributed by atoms with Gasteiger partial charge in [0, 0.05) is 0 Å². The van der Waals surface area contributed by atoms with Crippen LogP contribution in [0.25, 0.3) is 0 Å². The Morgan fingerprint density at radius 2 is 1.00 bits per heavy atom. The predicted molar refractivity (Wildman–Crippen MR) is 114 cm³/mol. The van der Waals surface area contributed by atoms with Crippen LogP contribution in [-0.2, 0) is 10.1 Å². The van der Waals surface area contributed by atoms with Crippen LogP contribution in [0.2, 0.25) is 6.04 Å². The molecule has 3 aromatic rings. The van der Waals surface area contributed by atoms with Crippen molar-refractivity contribution < 1.29 is 13.0 Å². The molecule has 1 N–H and O–H groups in total. The highest BCUT2D eigenvalue weighted by Gasteiger charge is 2.38. The zero-order valence-electron chi connectivity index (χ0n) is 15.2. The van der Waals surface area contributed by atoms with Gasteiger partial charge >= 0.3 is 0 Å². The van der Waals surface area contributed by atoms with Crippen LogP contribution in [0.15, 0.2) is 91.0 Å². The maximum Gasteiger partial charge on any atom is 0.264 e. The molecule has 0 aliphatic rings. The first-order valence-electron chi connectivity index (χ1n) is 9.14. The molecule has 0 spiro atoms. The molecule has 0 aromatic heterocycles. The third-order valence-corrected chi connectivity index (χ3v) is 10.9. The molecule has 3 rings (SSSR count). The molecule has 0 saturated carbocycles. The summed E-state index contributed by atoms with van der Waals surface area (Å²) in [4.78, 5) is 0. The van der Waals surface area contributed by atoms with Gasteiger partial charge in [-0.1, -0.05) is 97.4 Å². The number of unbranched alkanes of at least 4 members (excludes halogenated alkanes) is 1. The lowest BCUT2D eigenvalue weighted by Crippen LogP contribution is -2.66. The van der Waals surface area contributed by atoms with E-state index in [1.165, 1.54) is 15.6 Å². The third kappa shape index (κ3) is 4.74. The second kappa shape index (κ2) is 8.65. The highest BCUT2D eigenvalue weighted by atomic mass is 32.2. The lowest BCUT2D eigenvalue weighted by Gasteiger charge is -2.34. The van der Waals surface area contributed by atoms with E-state index in [1.54, 1.807) is 0 Å². The number of rotatable bonds is 8. The van der Waals surface area contributed by atoms with Crippen molar-refractivity contribution in [2.24, 2.45) is 0 Å². The highest BCUT2D eigenvalue weighted by Crippen LogP contribution is 2.17. The second-order valence-corrected chi connectivity index (χ2v) is 12.4. The summed E-state index contributed by atoms with van der Waals surface area (Å²) in [6.07, 6.45) is 1.20. The molecule has 3 aromatic carbocycles. The van der Waals surface area contributed by atoms with Crippen molar-refractivity contribution in [1.82, 2.24) is 0 Å². The lowest BCUT2D eigenvalue weighted by molar-refractivity contribution is 0.480. The Kier molecular flexibility index (Phi) is 6.26. The number of hydrogen-bond acceptors (Lipinski definition) is 2. The average Bonchev–Trinajstić information content (AvgIpc) is 2.70. The molecular weight excluding hydrogens is 372 g/mol. The average molecular weight is 397 g/mol. The quantitative estimate of drug-likeness (QED) is 0.276. The van der Waals surface area contributed by atoms with Crippen LogP contribution < -0.4 is 15.6 Å². The topological polar surface area (TPSA) is 54.4 Å². The zero-order chi connectivity index (χ0) is 19.2. The van der Waals surface area contributed by atoms with E-state index in [2.05, 4.69) is 72.8 Å². The second-order valence-electron chi connectivity index (χ2n) is 6.75. The molecule has 0 saturated heterocycles. The van der Waals surface area contributed by atoms with Gasteiger partial charge in [0.15, 0.2) is 0 Å². The smallest absolute Gasteiger partial charge is 0.264 e. The Morgan fingerprint density at radius 3 is 1.33 bits per heavy atom. The first-order valence-corrected chi connectivity index (χ1v) is 13.0. The number of benzene rings is 3. The van der Waals surface area contributed by atoms with E-state index in [4.69, 9.17) is 4.55 Å². The van der Waals surface area contributed by atoms with Crippen LogP contribution in [0.3, 0.4) is 0 Å². The zero-order valence-corrected chi connectivity index (χ0v) is 17.0. The lowest BCUT2D eigenvalue weighted by atomic mass is 10.3. The van der Waals surface area contributed by atoms with Gasteiger partial charge in [-0.25, -0.2) is 0 Å². The van der Waals surface area contributed by atoms with Gasteiger partial charge in [0.1, 0.15) is 8.07 Å². The van der Waals surface area contributed by atoms with Gasteiger partial charge in [0.05, 0.1) is 5.75 Å². The Hall–Kier alpha value is -2.21. The van der Waals surface area contributed by atoms with Crippen molar-refractivity contribution in [1.29, 1.82) is 0 Å². The van der Waals surface area contributed by atoms with E-state index >= 15 is 0 Å². The van der Waals surface area contributed by atoms with Crippen LogP contribution in [0.5, 0.6) is 0 Å². The summed E-state index contributed by atoms with van der Waals surface area (Å²) in [5.41, 5.74) is 0. The fourth-order valence-electron chi connectivity index (χ4n) is 3.78. The van der Waals surface area contributed by atoms with Crippen molar-refractivity contribution >= 4 is 33.8 Å². The van der Waals surface area contributed by atoms with E-state index in [0.29, 0.717) is 6.42 Å². The highest BCUT2D eigenvalue weighted by molar-refractivity contribution is 7.85. The van der Waals surface area contributed by atoms with E-state index in [1.807, 2.05) is 18.2 Å². The molecule has 0 amide bonds. The van der Waals surface area contributed by atoms with Gasteiger partial charge in [-0.2, -0.15) is 8.42 Å². The summed E-state index contributed by atoms with van der Waals surface area (Å²) in [6.45, 7) is 0. The summed E-state index contributed by atoms with van der Waals surface area (Å²) in [5, 5.41) is 3.94. The fourth-order valence-corrected chi connectivity index (χ4v) is 9.28. The molecule has 0 heterocycles. The summed E-state index contributed by atoms with van der Waals surface area (Å²) >= 11 is 0. The summed E-state index contributed by atoms with van der Waals surface area (Å²) in [7, 11) is -6.22. The molecule has 0 bridgehead atoms. The maximum absolute atomic E-state index is 11.1. The van der Waals surface area contributed by atoms with Gasteiger partial charge in [0.25, 0.3) is 10.1 Å². The molecule has 0 fully saturated rings. The maximum atomic E-state index is 11.1. The van der Waals surface area contributed by atoms with Crippen molar-refractivity contribution in [2.75, 3.05) is 5.75 Å². The van der Waals surface area contributed by atoms with Crippen molar-refractivity contribution in [2.45, 2.75) is 18.9 Å². The van der Waals surface area contributed by atoms with Gasteiger partial charge in [-0.15, -0.1) is 0 Å². The summed E-state index contributed by atoms with van der Waals surface area (Å²) in [6, 6.07) is 32.5. The molecule has 5 heteroatoms. The monoisotopic (exact) mass is 396 g/mol. The molecule has 0 aliphatic heterocycles. The van der Waals surface area contributed by atoms with Crippen LogP contribution in [0.1, 0.15) is 12.8 Å². The SMILES string of the molecule is O=S(=O)(O)CCCC[Si](c1ccccc1)(c1ccccc1)c1ccccc1. The minimum atomic E-state index is -3.92. The fraction of sp³-hybridized carbons (Fsp3) is 0.182. The van der Waals surface area contributed by atoms with Crippen molar-refractivity contribution in [3.8, 4) is 0 Å². The molecular formula is C22H24O3SSi. The van der Waals surface area contributed by atoms with E-state index in [0.717, 1.165) is 12.5 Å². The molecule has 140 valence electrons. The van der Waals surface area contributed by atoms with Gasteiger partial charge < -0.3 is 0 Å². The molecule has 0 atom stereocenters. The molecule has 0 unspecified atom stereocenters. The standard InChI is InChI=1S/C22H24O3SSi/c23-26(24,25)18-10-11-19-27(20-12-4-1-5-13-20,21-14-6-2-7-15-21)22-16-8-3-9-17-22/h1-9,12-17H,10-11,18-19H2,(H,23,24,25). The van der Waals surface area contributed by atoms with E-state index in [9.17, 15) is 8.42 Å². The largest absolute Gasteiger partial charge is 0.286 e. The van der Waals surface area contributed by atoms with Crippen LogP contribution in [0, 0.1) is 0 Å². The first-order chi connectivity index (χ1) is 13.0. The Labute approximate surface area is 162 Å². The summed E-state index contributed by atoms with van der Waals surface area (Å²) < 4.78 is 31.3. The predicted octanol–water partition coefficient (Wildman–Crippen LogP) is 2.82. The minimum Gasteiger partial charge on any atom is -0.286 e. The van der Waals surface area contributed by atoms with Crippen LogP contribution in [0.4, 0.5) is 0 Å². The van der Waals surface area contributed by atoms with E-state index < -0.39 is 18.2 Å². The van der Waals surface area contributed by atoms with Crippen LogP contribution >= 0.6 is 0 Å². The van der Waals surface area contributed by atoms with Gasteiger partial charge in [-0.05, 0) is 28.0 Å². The normalized spacial score (nSPS) is 12.0. The molecule has 0 radical (unpaired) electrons. The van der Waals surface area contributed by atoms with Crippen LogP contribution in [-0.4, -0.2) is 26.8 Å². The number of hydrogen-bond donors (Lipinski definition) is 1. The van der Waals surface area contributed by atoms with Crippen molar-refractivity contribution in [3.63, 3.8) is 0 Å². The van der Waals surface area contributed by atoms with E-state index in [-0.39, 0.29) is 5.75 Å². The molecule has 27 heavy (non-hydrogen) atoms. The van der Waals surface area contributed by atoms with Gasteiger partial charge in [0.2, 0.25) is 0 Å². The van der Waals surface area contributed by atoms with Gasteiger partial charge in [-0.3, -0.25) is 4.55 Å². The Morgan fingerprint density at radius 1 is 0.630 bits per heavy atom. The molecule has 0 aliphatic carbocycles.